The van der Waals surface area contributed by atoms with Crippen LogP contribution < -0.4 is 21.7 Å². The number of aliphatic hydroxyl groups excluding tert-OH is 1. The molecule has 0 spiro atoms. The van der Waals surface area contributed by atoms with Crippen LogP contribution >= 0.6 is 0 Å². The molecule has 0 aliphatic carbocycles. The van der Waals surface area contributed by atoms with Crippen molar-refractivity contribution in [2.45, 2.75) is 64.2 Å². The molecule has 0 aromatic heterocycles. The van der Waals surface area contributed by atoms with E-state index in [1.165, 1.54) is 6.92 Å². The Morgan fingerprint density at radius 2 is 1.52 bits per heavy atom. The lowest BCUT2D eigenvalue weighted by atomic mass is 9.98. The van der Waals surface area contributed by atoms with Gasteiger partial charge in [-0.05, 0) is 19.3 Å². The van der Waals surface area contributed by atoms with Crippen molar-refractivity contribution >= 4 is 29.7 Å². The van der Waals surface area contributed by atoms with E-state index in [0.29, 0.717) is 6.42 Å². The number of nitrogens with two attached hydrogens (primary N) is 1. The number of carbonyl (C=O) groups excluding carboxylic acids is 3. The van der Waals surface area contributed by atoms with Crippen LogP contribution in [0.2, 0.25) is 0 Å². The van der Waals surface area contributed by atoms with Gasteiger partial charge in [-0.15, -0.1) is 0 Å². The van der Waals surface area contributed by atoms with Gasteiger partial charge in [0.25, 0.3) is 0 Å². The van der Waals surface area contributed by atoms with Crippen molar-refractivity contribution in [3.63, 3.8) is 0 Å². The molecule has 0 aliphatic rings. The maximum Gasteiger partial charge on any atom is 0.326 e. The molecule has 3 amide bonds. The normalized spacial score (nSPS) is 15.9. The van der Waals surface area contributed by atoms with Crippen LogP contribution in [-0.4, -0.2) is 75.8 Å². The molecule has 166 valence electrons. The molecular formula is C17H30N4O8. The molecule has 0 heterocycles. The second-order valence-corrected chi connectivity index (χ2v) is 6.72. The average molecular weight is 418 g/mol. The van der Waals surface area contributed by atoms with Crippen LogP contribution in [0, 0.1) is 5.92 Å². The minimum absolute atomic E-state index is 0.281. The topological polar surface area (TPSA) is 208 Å². The van der Waals surface area contributed by atoms with E-state index in [1.54, 1.807) is 13.8 Å². The zero-order valence-corrected chi connectivity index (χ0v) is 16.7. The lowest BCUT2D eigenvalue weighted by Crippen LogP contribution is -2.57. The summed E-state index contributed by atoms with van der Waals surface area (Å²) >= 11 is 0. The van der Waals surface area contributed by atoms with E-state index in [4.69, 9.17) is 15.9 Å². The smallest absolute Gasteiger partial charge is 0.326 e. The van der Waals surface area contributed by atoms with Gasteiger partial charge in [0.05, 0.1) is 6.61 Å². The zero-order chi connectivity index (χ0) is 22.7. The third-order valence-electron chi connectivity index (χ3n) is 4.34. The van der Waals surface area contributed by atoms with E-state index in [0.717, 1.165) is 0 Å². The number of aliphatic carboxylic acids is 2. The van der Waals surface area contributed by atoms with Crippen LogP contribution in [0.4, 0.5) is 0 Å². The highest BCUT2D eigenvalue weighted by molar-refractivity contribution is 5.94. The van der Waals surface area contributed by atoms with Gasteiger partial charge in [-0.2, -0.15) is 0 Å². The predicted molar refractivity (Wildman–Crippen MR) is 100 cm³/mol. The number of carbonyl (C=O) groups is 5. The van der Waals surface area contributed by atoms with Crippen molar-refractivity contribution in [3.05, 3.63) is 0 Å². The van der Waals surface area contributed by atoms with Crippen LogP contribution in [-0.2, 0) is 24.0 Å². The molecule has 29 heavy (non-hydrogen) atoms. The molecule has 5 unspecified atom stereocenters. The average Bonchev–Trinajstić information content (AvgIpc) is 2.66. The molecule has 0 fully saturated rings. The first kappa shape index (κ1) is 26.3. The van der Waals surface area contributed by atoms with Crippen molar-refractivity contribution in [2.24, 2.45) is 11.7 Å². The molecule has 0 aromatic carbocycles. The lowest BCUT2D eigenvalue weighted by molar-refractivity contribution is -0.144. The maximum atomic E-state index is 12.5. The van der Waals surface area contributed by atoms with E-state index in [-0.39, 0.29) is 6.42 Å². The highest BCUT2D eigenvalue weighted by atomic mass is 16.4. The van der Waals surface area contributed by atoms with Gasteiger partial charge in [0.2, 0.25) is 17.7 Å². The Morgan fingerprint density at radius 1 is 0.931 bits per heavy atom. The van der Waals surface area contributed by atoms with Crippen molar-refractivity contribution < 1.29 is 39.3 Å². The Balaban J connectivity index is 5.22. The first-order chi connectivity index (χ1) is 13.4. The molecule has 8 N–H and O–H groups in total. The van der Waals surface area contributed by atoms with Gasteiger partial charge in [0.15, 0.2) is 0 Å². The molecule has 0 aromatic rings. The van der Waals surface area contributed by atoms with Crippen LogP contribution in [0.25, 0.3) is 0 Å². The molecule has 12 heteroatoms. The Morgan fingerprint density at radius 3 is 1.97 bits per heavy atom. The Bertz CT molecular complexity index is 612. The number of carboxylic acid groups (broad SMARTS) is 2. The fourth-order valence-corrected chi connectivity index (χ4v) is 2.24. The van der Waals surface area contributed by atoms with Gasteiger partial charge in [0.1, 0.15) is 24.2 Å². The molecule has 0 bridgehead atoms. The standard InChI is InChI=1S/C17H30N4O8/c1-4-8(2)13(17(28)29)21-16(27)11(5-6-12(23)24)20-14(25)9(3)19-15(26)10(18)7-22/h8-11,13,22H,4-7,18H2,1-3H3,(H,19,26)(H,20,25)(H,21,27)(H,23,24)(H,28,29). The first-order valence-electron chi connectivity index (χ1n) is 9.16. The second-order valence-electron chi connectivity index (χ2n) is 6.72. The fourth-order valence-electron chi connectivity index (χ4n) is 2.24. The van der Waals surface area contributed by atoms with Gasteiger partial charge >= 0.3 is 11.9 Å². The lowest BCUT2D eigenvalue weighted by Gasteiger charge is -2.25. The summed E-state index contributed by atoms with van der Waals surface area (Å²) in [6, 6.07) is -4.90. The number of hydrogen-bond donors (Lipinski definition) is 7. The summed E-state index contributed by atoms with van der Waals surface area (Å²) in [4.78, 5) is 58.7. The van der Waals surface area contributed by atoms with Gasteiger partial charge in [-0.25, -0.2) is 4.79 Å². The quantitative estimate of drug-likeness (QED) is 0.172. The highest BCUT2D eigenvalue weighted by Crippen LogP contribution is 2.09. The summed E-state index contributed by atoms with van der Waals surface area (Å²) in [5, 5.41) is 33.9. The van der Waals surface area contributed by atoms with Crippen LogP contribution in [0.15, 0.2) is 0 Å². The van der Waals surface area contributed by atoms with Crippen LogP contribution in [0.1, 0.15) is 40.0 Å². The fraction of sp³-hybridized carbons (Fsp3) is 0.706. The van der Waals surface area contributed by atoms with E-state index in [2.05, 4.69) is 16.0 Å². The number of nitrogens with one attached hydrogen (secondary N) is 3. The Labute approximate surface area is 168 Å². The number of hydrogen-bond acceptors (Lipinski definition) is 7. The SMILES string of the molecule is CCC(C)C(NC(=O)C(CCC(=O)O)NC(=O)C(C)NC(=O)C(N)CO)C(=O)O. The minimum atomic E-state index is -1.32. The molecule has 5 atom stereocenters. The molecule has 0 aliphatic heterocycles. The van der Waals surface area contributed by atoms with Crippen molar-refractivity contribution in [1.29, 1.82) is 0 Å². The number of carboxylic acids is 2. The van der Waals surface area contributed by atoms with Gasteiger partial charge < -0.3 is 37.0 Å². The second kappa shape index (κ2) is 12.7. The largest absolute Gasteiger partial charge is 0.481 e. The van der Waals surface area contributed by atoms with Crippen molar-refractivity contribution in [3.8, 4) is 0 Å². The molecule has 0 rings (SSSR count). The first-order valence-corrected chi connectivity index (χ1v) is 9.16. The summed E-state index contributed by atoms with van der Waals surface area (Å²) < 4.78 is 0. The zero-order valence-electron chi connectivity index (χ0n) is 16.7. The summed E-state index contributed by atoms with van der Waals surface area (Å²) in [7, 11) is 0. The number of aliphatic hydroxyl groups is 1. The van der Waals surface area contributed by atoms with Crippen LogP contribution in [0.3, 0.4) is 0 Å². The number of rotatable bonds is 13. The molecule has 0 saturated carbocycles. The van der Waals surface area contributed by atoms with Gasteiger partial charge in [0, 0.05) is 6.42 Å². The molecule has 0 saturated heterocycles. The third kappa shape index (κ3) is 9.34. The molecule has 12 nitrogen and oxygen atoms in total. The number of amides is 3. The third-order valence-corrected chi connectivity index (χ3v) is 4.34. The molecular weight excluding hydrogens is 388 g/mol. The Kier molecular flexibility index (Phi) is 11.5. The van der Waals surface area contributed by atoms with E-state index < -0.39 is 72.8 Å². The van der Waals surface area contributed by atoms with Crippen molar-refractivity contribution in [2.75, 3.05) is 6.61 Å². The molecule has 0 radical (unpaired) electrons. The Hall–Kier alpha value is -2.73. The van der Waals surface area contributed by atoms with E-state index >= 15 is 0 Å². The maximum absolute atomic E-state index is 12.5. The summed E-state index contributed by atoms with van der Waals surface area (Å²) in [5.41, 5.74) is 5.34. The monoisotopic (exact) mass is 418 g/mol. The predicted octanol–water partition coefficient (Wildman–Crippen LogP) is -2.22. The summed E-state index contributed by atoms with van der Waals surface area (Å²) in [6.45, 7) is 4.06. The highest BCUT2D eigenvalue weighted by Gasteiger charge is 2.31. The van der Waals surface area contributed by atoms with Crippen LogP contribution in [0.5, 0.6) is 0 Å². The van der Waals surface area contributed by atoms with E-state index in [9.17, 15) is 29.1 Å². The van der Waals surface area contributed by atoms with Crippen molar-refractivity contribution in [1.82, 2.24) is 16.0 Å². The van der Waals surface area contributed by atoms with E-state index in [1.807, 2.05) is 0 Å². The summed E-state index contributed by atoms with van der Waals surface area (Å²) in [6.07, 6.45) is -0.260. The minimum Gasteiger partial charge on any atom is -0.481 e. The summed E-state index contributed by atoms with van der Waals surface area (Å²) in [5.74, 6) is -5.30. The van der Waals surface area contributed by atoms with Gasteiger partial charge in [-0.3, -0.25) is 19.2 Å². The van der Waals surface area contributed by atoms with Gasteiger partial charge in [-0.1, -0.05) is 20.3 Å².